The molecule has 0 atom stereocenters. The summed E-state index contributed by atoms with van der Waals surface area (Å²) in [6.45, 7) is 1.08. The molecule has 0 spiro atoms. The molecule has 11 heteroatoms. The molecule has 1 amide bonds. The summed E-state index contributed by atoms with van der Waals surface area (Å²) in [6, 6.07) is 8.43. The van der Waals surface area contributed by atoms with E-state index < -0.39 is 10.0 Å². The van der Waals surface area contributed by atoms with Gasteiger partial charge in [0.2, 0.25) is 10.0 Å². The Kier molecular flexibility index (Phi) is 6.28. The predicted molar refractivity (Wildman–Crippen MR) is 120 cm³/mol. The van der Waals surface area contributed by atoms with Crippen molar-refractivity contribution >= 4 is 38.6 Å². The molecule has 1 fully saturated rings. The third-order valence-corrected chi connectivity index (χ3v) is 8.89. The second-order valence-electron chi connectivity index (χ2n) is 6.72. The molecular formula is C20H21N3O5S3. The first-order valence-electron chi connectivity index (χ1n) is 9.45. The number of thiophene rings is 1. The average molecular weight is 480 g/mol. The number of rotatable bonds is 6. The summed E-state index contributed by atoms with van der Waals surface area (Å²) in [7, 11) is -0.752. The van der Waals surface area contributed by atoms with Crippen LogP contribution in [0.25, 0.3) is 9.88 Å². The number of carbonyl (C=O) groups is 1. The maximum atomic E-state index is 13.1. The molecule has 8 nitrogen and oxygen atoms in total. The van der Waals surface area contributed by atoms with Crippen molar-refractivity contribution in [3.05, 3.63) is 46.8 Å². The second kappa shape index (κ2) is 8.95. The Labute approximate surface area is 188 Å². The van der Waals surface area contributed by atoms with Crippen LogP contribution >= 0.6 is 22.7 Å². The Hall–Kier alpha value is -2.47. The maximum Gasteiger partial charge on any atom is 0.265 e. The minimum absolute atomic E-state index is 0.122. The van der Waals surface area contributed by atoms with Crippen molar-refractivity contribution in [3.8, 4) is 21.4 Å². The molecule has 1 aliphatic rings. The Morgan fingerprint density at radius 3 is 2.45 bits per heavy atom. The summed E-state index contributed by atoms with van der Waals surface area (Å²) < 4.78 is 37.9. The Balaban J connectivity index is 1.44. The van der Waals surface area contributed by atoms with Crippen LogP contribution in [0.5, 0.6) is 11.5 Å². The fourth-order valence-electron chi connectivity index (χ4n) is 3.30. The highest BCUT2D eigenvalue weighted by Crippen LogP contribution is 2.32. The third kappa shape index (κ3) is 4.31. The third-order valence-electron chi connectivity index (χ3n) is 4.97. The minimum atomic E-state index is -3.71. The van der Waals surface area contributed by atoms with Crippen molar-refractivity contribution in [2.75, 3.05) is 40.4 Å². The number of sulfonamides is 1. The number of thiazole rings is 1. The zero-order valence-electron chi connectivity index (χ0n) is 17.0. The predicted octanol–water partition coefficient (Wildman–Crippen LogP) is 3.04. The molecule has 0 unspecified atom stereocenters. The van der Waals surface area contributed by atoms with E-state index in [1.165, 1.54) is 42.0 Å². The van der Waals surface area contributed by atoms with Crippen molar-refractivity contribution in [1.82, 2.24) is 14.2 Å². The highest BCUT2D eigenvalue weighted by molar-refractivity contribution is 7.89. The lowest BCUT2D eigenvalue weighted by Gasteiger charge is -2.33. The summed E-state index contributed by atoms with van der Waals surface area (Å²) in [6.07, 6.45) is 1.59. The first-order valence-corrected chi connectivity index (χ1v) is 12.6. The molecule has 164 valence electrons. The van der Waals surface area contributed by atoms with Crippen molar-refractivity contribution in [3.63, 3.8) is 0 Å². The van der Waals surface area contributed by atoms with Gasteiger partial charge in [-0.3, -0.25) is 4.79 Å². The fourth-order valence-corrected chi connectivity index (χ4v) is 6.43. The first kappa shape index (κ1) is 21.8. The molecule has 0 aliphatic carbocycles. The van der Waals surface area contributed by atoms with Gasteiger partial charge in [0.1, 0.15) is 9.88 Å². The maximum absolute atomic E-state index is 13.1. The molecule has 3 aromatic rings. The van der Waals surface area contributed by atoms with Crippen LogP contribution in [-0.2, 0) is 10.0 Å². The quantitative estimate of drug-likeness (QED) is 0.540. The molecule has 0 saturated carbocycles. The highest BCUT2D eigenvalue weighted by atomic mass is 32.2. The molecule has 3 heterocycles. The first-order chi connectivity index (χ1) is 14.9. The van der Waals surface area contributed by atoms with Crippen molar-refractivity contribution in [2.45, 2.75) is 4.90 Å². The number of carbonyl (C=O) groups excluding carboxylic acids is 1. The number of nitrogens with zero attached hydrogens (tertiary/aromatic N) is 3. The largest absolute Gasteiger partial charge is 0.493 e. The van der Waals surface area contributed by atoms with Crippen LogP contribution in [0, 0.1) is 0 Å². The summed E-state index contributed by atoms with van der Waals surface area (Å²) in [4.78, 5) is 20.6. The van der Waals surface area contributed by atoms with Crippen molar-refractivity contribution in [2.24, 2.45) is 0 Å². The highest BCUT2D eigenvalue weighted by Gasteiger charge is 2.31. The van der Waals surface area contributed by atoms with E-state index in [2.05, 4.69) is 4.98 Å². The number of methoxy groups -OCH3 is 2. The molecule has 4 rings (SSSR count). The van der Waals surface area contributed by atoms with Crippen LogP contribution in [0.1, 0.15) is 9.67 Å². The van der Waals surface area contributed by atoms with Gasteiger partial charge in [-0.1, -0.05) is 6.07 Å². The van der Waals surface area contributed by atoms with Crippen LogP contribution in [0.15, 0.2) is 46.8 Å². The molecule has 1 saturated heterocycles. The second-order valence-corrected chi connectivity index (χ2v) is 10.6. The number of amides is 1. The van der Waals surface area contributed by atoms with Gasteiger partial charge in [-0.2, -0.15) is 4.31 Å². The summed E-state index contributed by atoms with van der Waals surface area (Å²) >= 11 is 2.93. The zero-order valence-corrected chi connectivity index (χ0v) is 19.4. The molecule has 0 radical (unpaired) electrons. The standard InChI is InChI=1S/C20H21N3O5S3/c1-27-15-6-5-14(12-16(15)28-2)31(25,26)23-9-7-22(8-10-23)20(24)18-13-21-19(30-18)17-4-3-11-29-17/h3-6,11-13H,7-10H2,1-2H3. The summed E-state index contributed by atoms with van der Waals surface area (Å²) in [5, 5.41) is 2.78. The molecule has 0 N–H and O–H groups in total. The average Bonchev–Trinajstić information content (AvgIpc) is 3.50. The lowest BCUT2D eigenvalue weighted by molar-refractivity contribution is 0.0702. The number of benzene rings is 1. The Bertz CT molecular complexity index is 1170. The van der Waals surface area contributed by atoms with Gasteiger partial charge in [0, 0.05) is 32.2 Å². The zero-order chi connectivity index (χ0) is 22.0. The van der Waals surface area contributed by atoms with Crippen LogP contribution in [0.4, 0.5) is 0 Å². The van der Waals surface area contributed by atoms with Crippen molar-refractivity contribution in [1.29, 1.82) is 0 Å². The van der Waals surface area contributed by atoms with Gasteiger partial charge in [-0.25, -0.2) is 13.4 Å². The van der Waals surface area contributed by atoms with E-state index in [0.717, 1.165) is 9.88 Å². The van der Waals surface area contributed by atoms with Gasteiger partial charge in [-0.15, -0.1) is 22.7 Å². The molecule has 0 bridgehead atoms. The van der Waals surface area contributed by atoms with E-state index >= 15 is 0 Å². The van der Waals surface area contributed by atoms with Gasteiger partial charge in [0.25, 0.3) is 5.91 Å². The SMILES string of the molecule is COc1ccc(S(=O)(=O)N2CCN(C(=O)c3cnc(-c4cccs4)s3)CC2)cc1OC. The van der Waals surface area contributed by atoms with Gasteiger partial charge >= 0.3 is 0 Å². The number of hydrogen-bond acceptors (Lipinski definition) is 8. The monoisotopic (exact) mass is 479 g/mol. The van der Waals surface area contributed by atoms with E-state index in [1.807, 2.05) is 17.5 Å². The Morgan fingerprint density at radius 2 is 1.81 bits per heavy atom. The van der Waals surface area contributed by atoms with Crippen molar-refractivity contribution < 1.29 is 22.7 Å². The number of aromatic nitrogens is 1. The molecule has 1 aliphatic heterocycles. The summed E-state index contributed by atoms with van der Waals surface area (Å²) in [5.41, 5.74) is 0. The van der Waals surface area contributed by atoms with Crippen LogP contribution in [-0.4, -0.2) is 68.9 Å². The van der Waals surface area contributed by atoms with Crippen LogP contribution in [0.2, 0.25) is 0 Å². The van der Waals surface area contributed by atoms with E-state index in [9.17, 15) is 13.2 Å². The normalized spacial score (nSPS) is 15.1. The van der Waals surface area contributed by atoms with Gasteiger partial charge < -0.3 is 14.4 Å². The molecular weight excluding hydrogens is 458 g/mol. The van der Waals surface area contributed by atoms with E-state index in [4.69, 9.17) is 9.47 Å². The smallest absolute Gasteiger partial charge is 0.265 e. The van der Waals surface area contributed by atoms with E-state index in [0.29, 0.717) is 29.5 Å². The van der Waals surface area contributed by atoms with Gasteiger partial charge in [0.15, 0.2) is 11.5 Å². The van der Waals surface area contributed by atoms with Crippen LogP contribution in [0.3, 0.4) is 0 Å². The molecule has 31 heavy (non-hydrogen) atoms. The number of ether oxygens (including phenoxy) is 2. The van der Waals surface area contributed by atoms with Gasteiger partial charge in [-0.05, 0) is 23.6 Å². The topological polar surface area (TPSA) is 89.0 Å². The van der Waals surface area contributed by atoms with E-state index in [1.54, 1.807) is 28.5 Å². The molecule has 2 aromatic heterocycles. The van der Waals surface area contributed by atoms with E-state index in [-0.39, 0.29) is 23.9 Å². The fraction of sp³-hybridized carbons (Fsp3) is 0.300. The lowest BCUT2D eigenvalue weighted by Crippen LogP contribution is -2.50. The number of hydrogen-bond donors (Lipinski definition) is 0. The number of piperazine rings is 1. The molecule has 1 aromatic carbocycles. The Morgan fingerprint density at radius 1 is 1.06 bits per heavy atom. The van der Waals surface area contributed by atoms with Crippen LogP contribution < -0.4 is 9.47 Å². The lowest BCUT2D eigenvalue weighted by atomic mass is 10.3. The summed E-state index contributed by atoms with van der Waals surface area (Å²) in [5.74, 6) is 0.691. The minimum Gasteiger partial charge on any atom is -0.493 e. The van der Waals surface area contributed by atoms with Gasteiger partial charge in [0.05, 0.1) is 30.2 Å².